The largest absolute Gasteiger partial charge is 0.573 e. The molecule has 1 saturated heterocycles. The number of hydrogen-bond acceptors (Lipinski definition) is 4. The van der Waals surface area contributed by atoms with Crippen LogP contribution >= 0.6 is 0 Å². The van der Waals surface area contributed by atoms with Crippen LogP contribution in [0.1, 0.15) is 11.6 Å². The molecule has 0 aliphatic carbocycles. The predicted molar refractivity (Wildman–Crippen MR) is 96.0 cm³/mol. The van der Waals surface area contributed by atoms with Crippen molar-refractivity contribution in [1.29, 1.82) is 0 Å². The molecule has 0 spiro atoms. The van der Waals surface area contributed by atoms with Gasteiger partial charge in [-0.25, -0.2) is 0 Å². The normalized spacial score (nSPS) is 20.4. The molecular weight excluding hydrogens is 357 g/mol. The third-order valence-electron chi connectivity index (χ3n) is 4.72. The number of morpholine rings is 1. The molecular formula is C20H19F3N2O2. The van der Waals surface area contributed by atoms with Crippen LogP contribution in [-0.4, -0.2) is 37.6 Å². The average Bonchev–Trinajstić information content (AvgIpc) is 2.67. The third-order valence-corrected chi connectivity index (χ3v) is 4.72. The zero-order valence-corrected chi connectivity index (χ0v) is 14.5. The van der Waals surface area contributed by atoms with Crippen LogP contribution in [0.15, 0.2) is 60.8 Å². The van der Waals surface area contributed by atoms with Crippen LogP contribution < -0.4 is 9.64 Å². The van der Waals surface area contributed by atoms with Gasteiger partial charge in [0.1, 0.15) is 5.75 Å². The number of benzene rings is 2. The molecule has 1 unspecified atom stereocenters. The SMILES string of the molecule is FC(F)(F)Oc1ccc(N2C=CC(N3CCOCC3)c3ccccc32)cc1. The second kappa shape index (κ2) is 7.25. The number of ether oxygens (including phenoxy) is 2. The zero-order chi connectivity index (χ0) is 18.9. The van der Waals surface area contributed by atoms with Crippen LogP contribution in [0.4, 0.5) is 24.5 Å². The van der Waals surface area contributed by atoms with Crippen molar-refractivity contribution < 1.29 is 22.6 Å². The summed E-state index contributed by atoms with van der Waals surface area (Å²) in [6.07, 6.45) is -0.597. The van der Waals surface area contributed by atoms with E-state index in [2.05, 4.69) is 21.8 Å². The van der Waals surface area contributed by atoms with E-state index in [0.717, 1.165) is 43.2 Å². The summed E-state index contributed by atoms with van der Waals surface area (Å²) in [5, 5.41) is 0. The molecule has 142 valence electrons. The molecule has 0 radical (unpaired) electrons. The van der Waals surface area contributed by atoms with Crippen molar-refractivity contribution in [3.8, 4) is 5.75 Å². The molecule has 2 aliphatic rings. The minimum Gasteiger partial charge on any atom is -0.406 e. The lowest BCUT2D eigenvalue weighted by Crippen LogP contribution is -2.39. The Morgan fingerprint density at radius 1 is 0.963 bits per heavy atom. The Hall–Kier alpha value is -2.51. The van der Waals surface area contributed by atoms with Gasteiger partial charge in [-0.15, -0.1) is 13.2 Å². The van der Waals surface area contributed by atoms with Crippen LogP contribution in [0.2, 0.25) is 0 Å². The van der Waals surface area contributed by atoms with Crippen molar-refractivity contribution in [3.63, 3.8) is 0 Å². The second-order valence-corrected chi connectivity index (χ2v) is 6.41. The molecule has 2 heterocycles. The van der Waals surface area contributed by atoms with Crippen molar-refractivity contribution in [1.82, 2.24) is 4.90 Å². The minimum absolute atomic E-state index is 0.161. The van der Waals surface area contributed by atoms with Gasteiger partial charge in [0.05, 0.1) is 24.9 Å². The van der Waals surface area contributed by atoms with Gasteiger partial charge >= 0.3 is 6.36 Å². The number of rotatable bonds is 3. The van der Waals surface area contributed by atoms with Crippen molar-refractivity contribution in [2.75, 3.05) is 31.2 Å². The summed E-state index contributed by atoms with van der Waals surface area (Å²) in [5.41, 5.74) is 2.95. The summed E-state index contributed by atoms with van der Waals surface area (Å²) in [4.78, 5) is 4.35. The number of anilines is 2. The van der Waals surface area contributed by atoms with Crippen molar-refractivity contribution in [2.24, 2.45) is 0 Å². The summed E-state index contributed by atoms with van der Waals surface area (Å²) in [6, 6.07) is 14.1. The maximum Gasteiger partial charge on any atom is 0.573 e. The first-order valence-electron chi connectivity index (χ1n) is 8.75. The molecule has 0 N–H and O–H groups in total. The molecule has 2 aliphatic heterocycles. The van der Waals surface area contributed by atoms with E-state index in [4.69, 9.17) is 4.74 Å². The fourth-order valence-electron chi connectivity index (χ4n) is 3.52. The summed E-state index contributed by atoms with van der Waals surface area (Å²) >= 11 is 0. The Morgan fingerprint density at radius 3 is 2.37 bits per heavy atom. The number of para-hydroxylation sites is 1. The van der Waals surface area contributed by atoms with Crippen molar-refractivity contribution in [2.45, 2.75) is 12.4 Å². The molecule has 1 fully saturated rings. The fourth-order valence-corrected chi connectivity index (χ4v) is 3.52. The van der Waals surface area contributed by atoms with E-state index in [1.54, 1.807) is 12.1 Å². The Morgan fingerprint density at radius 2 is 1.67 bits per heavy atom. The summed E-state index contributed by atoms with van der Waals surface area (Å²) in [5.74, 6) is -0.230. The molecule has 0 saturated carbocycles. The van der Waals surface area contributed by atoms with Gasteiger partial charge in [-0.05, 0) is 42.0 Å². The number of hydrogen-bond donors (Lipinski definition) is 0. The number of halogens is 3. The van der Waals surface area contributed by atoms with Crippen LogP contribution in [0.25, 0.3) is 0 Å². The van der Waals surface area contributed by atoms with Gasteiger partial charge in [-0.1, -0.05) is 18.2 Å². The van der Waals surface area contributed by atoms with Crippen LogP contribution in [0, 0.1) is 0 Å². The summed E-state index contributed by atoms with van der Waals surface area (Å²) < 4.78 is 46.5. The van der Waals surface area contributed by atoms with Crippen LogP contribution in [-0.2, 0) is 4.74 Å². The molecule has 27 heavy (non-hydrogen) atoms. The highest BCUT2D eigenvalue weighted by Gasteiger charge is 2.31. The highest BCUT2D eigenvalue weighted by atomic mass is 19.4. The first-order valence-corrected chi connectivity index (χ1v) is 8.75. The molecule has 4 rings (SSSR count). The lowest BCUT2D eigenvalue weighted by atomic mass is 9.98. The maximum atomic E-state index is 12.4. The second-order valence-electron chi connectivity index (χ2n) is 6.41. The van der Waals surface area contributed by atoms with Crippen LogP contribution in [0.3, 0.4) is 0 Å². The molecule has 0 amide bonds. The molecule has 7 heteroatoms. The van der Waals surface area contributed by atoms with Crippen molar-refractivity contribution >= 4 is 11.4 Å². The Labute approximate surface area is 155 Å². The van der Waals surface area contributed by atoms with E-state index in [-0.39, 0.29) is 11.8 Å². The van der Waals surface area contributed by atoms with E-state index in [9.17, 15) is 13.2 Å². The van der Waals surface area contributed by atoms with Crippen molar-refractivity contribution in [3.05, 3.63) is 66.4 Å². The first-order chi connectivity index (χ1) is 13.0. The number of fused-ring (bicyclic) bond motifs is 1. The summed E-state index contributed by atoms with van der Waals surface area (Å²) in [7, 11) is 0. The van der Waals surface area contributed by atoms with Gasteiger partial charge < -0.3 is 14.4 Å². The Kier molecular flexibility index (Phi) is 4.80. The van der Waals surface area contributed by atoms with E-state index in [1.807, 2.05) is 29.3 Å². The van der Waals surface area contributed by atoms with E-state index in [1.165, 1.54) is 12.1 Å². The zero-order valence-electron chi connectivity index (χ0n) is 14.5. The van der Waals surface area contributed by atoms with Gasteiger partial charge in [0.25, 0.3) is 0 Å². The van der Waals surface area contributed by atoms with Crippen LogP contribution in [0.5, 0.6) is 5.75 Å². The first kappa shape index (κ1) is 17.9. The molecule has 1 atom stereocenters. The molecule has 2 aromatic carbocycles. The van der Waals surface area contributed by atoms with Gasteiger partial charge in [-0.2, -0.15) is 0 Å². The quantitative estimate of drug-likeness (QED) is 0.780. The fraction of sp³-hybridized carbons (Fsp3) is 0.300. The van der Waals surface area contributed by atoms with Gasteiger partial charge in [0, 0.05) is 25.0 Å². The Bertz CT molecular complexity index is 815. The summed E-state index contributed by atoms with van der Waals surface area (Å²) in [6.45, 7) is 3.17. The monoisotopic (exact) mass is 376 g/mol. The smallest absolute Gasteiger partial charge is 0.406 e. The predicted octanol–water partition coefficient (Wildman–Crippen LogP) is 4.62. The lowest BCUT2D eigenvalue weighted by molar-refractivity contribution is -0.274. The molecule has 0 aromatic heterocycles. The minimum atomic E-state index is -4.69. The topological polar surface area (TPSA) is 24.9 Å². The highest BCUT2D eigenvalue weighted by molar-refractivity contribution is 5.72. The van der Waals surface area contributed by atoms with E-state index < -0.39 is 6.36 Å². The van der Waals surface area contributed by atoms with E-state index >= 15 is 0 Å². The third kappa shape index (κ3) is 3.94. The van der Waals surface area contributed by atoms with Gasteiger partial charge in [-0.3, -0.25) is 4.90 Å². The molecule has 0 bridgehead atoms. The molecule has 2 aromatic rings. The van der Waals surface area contributed by atoms with Gasteiger partial charge in [0.15, 0.2) is 0 Å². The standard InChI is InChI=1S/C20H19F3N2O2/c21-20(22,23)27-16-7-5-15(6-8-16)25-10-9-18(24-11-13-26-14-12-24)17-3-1-2-4-19(17)25/h1-10,18H,11-14H2. The van der Waals surface area contributed by atoms with Gasteiger partial charge in [0.2, 0.25) is 0 Å². The number of alkyl halides is 3. The lowest BCUT2D eigenvalue weighted by Gasteiger charge is -2.38. The van der Waals surface area contributed by atoms with E-state index in [0.29, 0.717) is 0 Å². The maximum absolute atomic E-state index is 12.4. The Balaban J connectivity index is 1.61. The molecule has 4 nitrogen and oxygen atoms in total. The average molecular weight is 376 g/mol. The number of nitrogens with zero attached hydrogens (tertiary/aromatic N) is 2. The highest BCUT2D eigenvalue weighted by Crippen LogP contribution is 2.40.